The van der Waals surface area contributed by atoms with Crippen LogP contribution in [0.4, 0.5) is 8.78 Å². The van der Waals surface area contributed by atoms with E-state index in [1.807, 2.05) is 6.07 Å². The Labute approximate surface area is 106 Å². The molecule has 1 aromatic carbocycles. The molecule has 2 unspecified atom stereocenters. The quantitative estimate of drug-likeness (QED) is 0.889. The highest BCUT2D eigenvalue weighted by molar-refractivity contribution is 5.26. The molecule has 0 radical (unpaired) electrons. The number of alkyl halides is 2. The topological polar surface area (TPSA) is 21.3 Å². The zero-order valence-electron chi connectivity index (χ0n) is 10.5. The lowest BCUT2D eigenvalue weighted by atomic mass is 9.96. The maximum atomic E-state index is 12.7. The molecule has 1 fully saturated rings. The van der Waals surface area contributed by atoms with Gasteiger partial charge in [-0.05, 0) is 31.0 Å². The minimum absolute atomic E-state index is 0.0681. The third-order valence-electron chi connectivity index (χ3n) is 3.31. The van der Waals surface area contributed by atoms with Crippen molar-refractivity contribution in [3.63, 3.8) is 0 Å². The summed E-state index contributed by atoms with van der Waals surface area (Å²) in [5, 5.41) is 3.39. The zero-order valence-corrected chi connectivity index (χ0v) is 10.5. The second-order valence-electron chi connectivity index (χ2n) is 4.61. The van der Waals surface area contributed by atoms with E-state index in [-0.39, 0.29) is 11.7 Å². The van der Waals surface area contributed by atoms with Crippen molar-refractivity contribution in [2.24, 2.45) is 0 Å². The Bertz CT molecular complexity index is 382. The SMILES string of the molecule is CCNC1CCOC(c2cccc(C(F)F)c2)C1. The van der Waals surface area contributed by atoms with E-state index in [0.29, 0.717) is 12.6 Å². The fourth-order valence-electron chi connectivity index (χ4n) is 2.40. The van der Waals surface area contributed by atoms with Gasteiger partial charge < -0.3 is 10.1 Å². The van der Waals surface area contributed by atoms with Gasteiger partial charge >= 0.3 is 0 Å². The summed E-state index contributed by atoms with van der Waals surface area (Å²) in [6.45, 7) is 3.68. The second-order valence-corrected chi connectivity index (χ2v) is 4.61. The van der Waals surface area contributed by atoms with Gasteiger partial charge in [-0.1, -0.05) is 25.1 Å². The summed E-state index contributed by atoms with van der Waals surface area (Å²) in [5.74, 6) is 0. The lowest BCUT2D eigenvalue weighted by Gasteiger charge is -2.30. The predicted molar refractivity (Wildman–Crippen MR) is 66.8 cm³/mol. The number of hydrogen-bond donors (Lipinski definition) is 1. The molecule has 0 spiro atoms. The molecule has 2 nitrogen and oxygen atoms in total. The molecule has 0 amide bonds. The van der Waals surface area contributed by atoms with Crippen LogP contribution in [0.1, 0.15) is 43.4 Å². The van der Waals surface area contributed by atoms with Gasteiger partial charge in [-0.3, -0.25) is 0 Å². The van der Waals surface area contributed by atoms with Crippen molar-refractivity contribution >= 4 is 0 Å². The molecule has 1 heterocycles. The first-order chi connectivity index (χ1) is 8.70. The predicted octanol–water partition coefficient (Wildman–Crippen LogP) is 3.45. The standard InChI is InChI=1S/C14H19F2NO/c1-2-17-12-6-7-18-13(9-12)10-4-3-5-11(8-10)14(15)16/h3-5,8,12-14,17H,2,6-7,9H2,1H3. The highest BCUT2D eigenvalue weighted by Crippen LogP contribution is 2.30. The molecular formula is C14H19F2NO. The average molecular weight is 255 g/mol. The van der Waals surface area contributed by atoms with E-state index < -0.39 is 6.43 Å². The Hall–Kier alpha value is -1.00. The van der Waals surface area contributed by atoms with Gasteiger partial charge in [0, 0.05) is 18.2 Å². The van der Waals surface area contributed by atoms with Gasteiger partial charge in [-0.2, -0.15) is 0 Å². The molecule has 0 aliphatic carbocycles. The van der Waals surface area contributed by atoms with E-state index in [1.165, 1.54) is 6.07 Å². The summed E-state index contributed by atoms with van der Waals surface area (Å²) in [7, 11) is 0. The average Bonchev–Trinajstić information content (AvgIpc) is 2.39. The fourth-order valence-corrected chi connectivity index (χ4v) is 2.40. The molecule has 100 valence electrons. The Balaban J connectivity index is 2.08. The van der Waals surface area contributed by atoms with Crippen LogP contribution in [0.15, 0.2) is 24.3 Å². The van der Waals surface area contributed by atoms with Crippen LogP contribution in [0.25, 0.3) is 0 Å². The number of ether oxygens (including phenoxy) is 1. The molecule has 0 bridgehead atoms. The monoisotopic (exact) mass is 255 g/mol. The van der Waals surface area contributed by atoms with Crippen molar-refractivity contribution < 1.29 is 13.5 Å². The third-order valence-corrected chi connectivity index (χ3v) is 3.31. The van der Waals surface area contributed by atoms with E-state index in [4.69, 9.17) is 4.74 Å². The van der Waals surface area contributed by atoms with E-state index in [9.17, 15) is 8.78 Å². The molecule has 1 aromatic rings. The lowest BCUT2D eigenvalue weighted by Crippen LogP contribution is -2.35. The van der Waals surface area contributed by atoms with Crippen LogP contribution in [-0.2, 0) is 4.74 Å². The van der Waals surface area contributed by atoms with Gasteiger partial charge in [0.2, 0.25) is 0 Å². The number of nitrogens with one attached hydrogen (secondary N) is 1. The van der Waals surface area contributed by atoms with E-state index >= 15 is 0 Å². The first-order valence-corrected chi connectivity index (χ1v) is 6.43. The molecule has 1 saturated heterocycles. The van der Waals surface area contributed by atoms with Gasteiger partial charge in [0.05, 0.1) is 6.10 Å². The Morgan fingerprint density at radius 3 is 3.00 bits per heavy atom. The molecule has 1 N–H and O–H groups in total. The van der Waals surface area contributed by atoms with Crippen molar-refractivity contribution in [2.45, 2.75) is 38.3 Å². The molecule has 0 saturated carbocycles. The molecule has 2 atom stereocenters. The van der Waals surface area contributed by atoms with Gasteiger partial charge in [-0.25, -0.2) is 8.78 Å². The van der Waals surface area contributed by atoms with Crippen LogP contribution in [0.3, 0.4) is 0 Å². The maximum Gasteiger partial charge on any atom is 0.263 e. The summed E-state index contributed by atoms with van der Waals surface area (Å²) in [6, 6.07) is 6.98. The van der Waals surface area contributed by atoms with Crippen LogP contribution in [-0.4, -0.2) is 19.2 Å². The zero-order chi connectivity index (χ0) is 13.0. The third kappa shape index (κ3) is 3.27. The Morgan fingerprint density at radius 2 is 2.28 bits per heavy atom. The molecule has 1 aliphatic rings. The van der Waals surface area contributed by atoms with Crippen LogP contribution >= 0.6 is 0 Å². The highest BCUT2D eigenvalue weighted by Gasteiger charge is 2.23. The Morgan fingerprint density at radius 1 is 1.44 bits per heavy atom. The van der Waals surface area contributed by atoms with Crippen LogP contribution in [0.5, 0.6) is 0 Å². The minimum Gasteiger partial charge on any atom is -0.373 e. The normalized spacial score (nSPS) is 24.4. The fraction of sp³-hybridized carbons (Fsp3) is 0.571. The van der Waals surface area contributed by atoms with Crippen LogP contribution in [0.2, 0.25) is 0 Å². The maximum absolute atomic E-state index is 12.7. The van der Waals surface area contributed by atoms with E-state index in [0.717, 1.165) is 24.9 Å². The van der Waals surface area contributed by atoms with Crippen molar-refractivity contribution in [2.75, 3.05) is 13.2 Å². The summed E-state index contributed by atoms with van der Waals surface area (Å²) < 4.78 is 31.0. The number of benzene rings is 1. The summed E-state index contributed by atoms with van der Waals surface area (Å²) in [4.78, 5) is 0. The number of halogens is 2. The van der Waals surface area contributed by atoms with Crippen molar-refractivity contribution in [1.82, 2.24) is 5.32 Å². The summed E-state index contributed by atoms with van der Waals surface area (Å²) in [5.41, 5.74) is 0.928. The van der Waals surface area contributed by atoms with Gasteiger partial charge in [-0.15, -0.1) is 0 Å². The number of rotatable bonds is 4. The highest BCUT2D eigenvalue weighted by atomic mass is 19.3. The van der Waals surface area contributed by atoms with Crippen molar-refractivity contribution in [3.8, 4) is 0 Å². The Kier molecular flexibility index (Phi) is 4.66. The lowest BCUT2D eigenvalue weighted by molar-refractivity contribution is 0.000429. The molecule has 4 heteroatoms. The molecule has 2 rings (SSSR count). The largest absolute Gasteiger partial charge is 0.373 e. The molecule has 18 heavy (non-hydrogen) atoms. The summed E-state index contributed by atoms with van der Waals surface area (Å²) >= 11 is 0. The van der Waals surface area contributed by atoms with Crippen molar-refractivity contribution in [3.05, 3.63) is 35.4 Å². The molecular weight excluding hydrogens is 236 g/mol. The smallest absolute Gasteiger partial charge is 0.263 e. The summed E-state index contributed by atoms with van der Waals surface area (Å²) in [6.07, 6.45) is -0.654. The van der Waals surface area contributed by atoms with Crippen molar-refractivity contribution in [1.29, 1.82) is 0 Å². The van der Waals surface area contributed by atoms with E-state index in [2.05, 4.69) is 12.2 Å². The van der Waals surface area contributed by atoms with Crippen LogP contribution < -0.4 is 5.32 Å². The molecule has 0 aromatic heterocycles. The second kappa shape index (κ2) is 6.25. The van der Waals surface area contributed by atoms with Gasteiger partial charge in [0.1, 0.15) is 0 Å². The van der Waals surface area contributed by atoms with Crippen LogP contribution in [0, 0.1) is 0 Å². The minimum atomic E-state index is -2.42. The van der Waals surface area contributed by atoms with Gasteiger partial charge in [0.25, 0.3) is 6.43 Å². The van der Waals surface area contributed by atoms with E-state index in [1.54, 1.807) is 12.1 Å². The first kappa shape index (κ1) is 13.4. The first-order valence-electron chi connectivity index (χ1n) is 6.43. The number of hydrogen-bond acceptors (Lipinski definition) is 2. The molecule has 1 aliphatic heterocycles. The van der Waals surface area contributed by atoms with Gasteiger partial charge in [0.15, 0.2) is 0 Å².